The zero-order chi connectivity index (χ0) is 26.7. The first-order valence-electron chi connectivity index (χ1n) is 11.3. The number of benzene rings is 3. The molecule has 4 rings (SSSR count). The fourth-order valence-electron chi connectivity index (χ4n) is 4.22. The number of carbonyl (C=O) groups is 3. The van der Waals surface area contributed by atoms with Crippen molar-refractivity contribution in [3.63, 3.8) is 0 Å². The van der Waals surface area contributed by atoms with Gasteiger partial charge in [0.25, 0.3) is 11.7 Å². The first kappa shape index (κ1) is 25.3. The van der Waals surface area contributed by atoms with Crippen LogP contribution in [0.5, 0.6) is 17.2 Å². The van der Waals surface area contributed by atoms with E-state index in [4.69, 9.17) is 14.2 Å². The fourth-order valence-corrected chi connectivity index (χ4v) is 4.22. The van der Waals surface area contributed by atoms with Gasteiger partial charge in [0.2, 0.25) is 0 Å². The molecule has 1 atom stereocenters. The van der Waals surface area contributed by atoms with E-state index in [1.54, 1.807) is 48.5 Å². The molecule has 1 aliphatic rings. The third-order valence-electron chi connectivity index (χ3n) is 6.11. The van der Waals surface area contributed by atoms with Gasteiger partial charge in [0.15, 0.2) is 0 Å². The fraction of sp³-hybridized carbons (Fsp3) is 0.179. The number of rotatable bonds is 7. The summed E-state index contributed by atoms with van der Waals surface area (Å²) in [5.74, 6) is -1.81. The van der Waals surface area contributed by atoms with Crippen molar-refractivity contribution in [2.24, 2.45) is 0 Å². The van der Waals surface area contributed by atoms with Crippen molar-refractivity contribution in [3.05, 3.63) is 89.0 Å². The summed E-state index contributed by atoms with van der Waals surface area (Å²) in [6.07, 6.45) is 0.0499. The highest BCUT2D eigenvalue weighted by atomic mass is 16.5. The number of aliphatic hydroxyl groups excluding tert-OH is 1. The van der Waals surface area contributed by atoms with Crippen LogP contribution in [0.2, 0.25) is 0 Å². The van der Waals surface area contributed by atoms with Crippen molar-refractivity contribution in [2.45, 2.75) is 12.5 Å². The maximum Gasteiger partial charge on any atom is 0.309 e. The first-order chi connectivity index (χ1) is 17.8. The van der Waals surface area contributed by atoms with Gasteiger partial charge < -0.3 is 24.4 Å². The summed E-state index contributed by atoms with van der Waals surface area (Å²) in [5, 5.41) is 21.2. The standard InChI is InChI=1S/C28H25NO8/c1-35-20-12-13-21(22(15-20)36-2)26(32)24-25(17-6-10-19(30)11-7-17)29(28(34)27(24)33)18-8-4-16(5-9-18)14-23(31)37-3/h4-13,15,25,30,32H,14H2,1-3H3/b26-24-. The van der Waals surface area contributed by atoms with E-state index in [9.17, 15) is 24.6 Å². The Balaban J connectivity index is 1.87. The molecule has 0 saturated carbocycles. The van der Waals surface area contributed by atoms with Gasteiger partial charge in [-0.1, -0.05) is 24.3 Å². The van der Waals surface area contributed by atoms with Crippen molar-refractivity contribution >= 4 is 29.1 Å². The number of phenols is 1. The number of amides is 1. The van der Waals surface area contributed by atoms with Crippen LogP contribution < -0.4 is 14.4 Å². The zero-order valence-electron chi connectivity index (χ0n) is 20.4. The third-order valence-corrected chi connectivity index (χ3v) is 6.11. The van der Waals surface area contributed by atoms with E-state index in [1.165, 1.54) is 44.4 Å². The van der Waals surface area contributed by atoms with Crippen molar-refractivity contribution in [2.75, 3.05) is 26.2 Å². The molecule has 1 fully saturated rings. The zero-order valence-corrected chi connectivity index (χ0v) is 20.4. The van der Waals surface area contributed by atoms with Crippen LogP contribution in [0.25, 0.3) is 5.76 Å². The molecule has 1 saturated heterocycles. The minimum absolute atomic E-state index is 0.00434. The number of phenolic OH excluding ortho intramolecular Hbond substituents is 1. The number of ketones is 1. The smallest absolute Gasteiger partial charge is 0.309 e. The number of aliphatic hydroxyl groups is 1. The maximum absolute atomic E-state index is 13.3. The van der Waals surface area contributed by atoms with Crippen molar-refractivity contribution < 1.29 is 38.8 Å². The van der Waals surface area contributed by atoms with E-state index in [2.05, 4.69) is 0 Å². The van der Waals surface area contributed by atoms with Gasteiger partial charge >= 0.3 is 5.97 Å². The van der Waals surface area contributed by atoms with Gasteiger partial charge in [0.1, 0.15) is 23.0 Å². The van der Waals surface area contributed by atoms with Crippen LogP contribution in [-0.4, -0.2) is 49.2 Å². The highest BCUT2D eigenvalue weighted by Gasteiger charge is 2.47. The number of esters is 1. The molecule has 0 aliphatic carbocycles. The Bertz CT molecular complexity index is 1380. The minimum Gasteiger partial charge on any atom is -0.508 e. The van der Waals surface area contributed by atoms with Crippen LogP contribution in [0, 0.1) is 0 Å². The van der Waals surface area contributed by atoms with Gasteiger partial charge in [-0.2, -0.15) is 0 Å². The number of aromatic hydroxyl groups is 1. The lowest BCUT2D eigenvalue weighted by Gasteiger charge is -2.26. The second-order valence-corrected chi connectivity index (χ2v) is 8.25. The van der Waals surface area contributed by atoms with E-state index in [0.29, 0.717) is 22.6 Å². The summed E-state index contributed by atoms with van der Waals surface area (Å²) in [6.45, 7) is 0. The molecular weight excluding hydrogens is 478 g/mol. The summed E-state index contributed by atoms with van der Waals surface area (Å²) in [6, 6.07) is 16.3. The number of carbonyl (C=O) groups excluding carboxylic acids is 3. The quantitative estimate of drug-likeness (QED) is 0.216. The predicted molar refractivity (Wildman–Crippen MR) is 135 cm³/mol. The number of Topliss-reactive ketones (excluding diaryl/α,β-unsaturated/α-hetero) is 1. The first-order valence-corrected chi connectivity index (χ1v) is 11.3. The Labute approximate surface area is 213 Å². The van der Waals surface area contributed by atoms with Crippen molar-refractivity contribution in [3.8, 4) is 17.2 Å². The van der Waals surface area contributed by atoms with Crippen molar-refractivity contribution in [1.29, 1.82) is 0 Å². The van der Waals surface area contributed by atoms with Crippen LogP contribution in [0.4, 0.5) is 5.69 Å². The largest absolute Gasteiger partial charge is 0.508 e. The van der Waals surface area contributed by atoms with Crippen LogP contribution in [0.15, 0.2) is 72.3 Å². The molecule has 0 aromatic heterocycles. The predicted octanol–water partition coefficient (Wildman–Crippen LogP) is 3.75. The molecule has 9 heteroatoms. The van der Waals surface area contributed by atoms with Gasteiger partial charge in [0, 0.05) is 11.8 Å². The SMILES string of the molecule is COC(=O)Cc1ccc(N2C(=O)C(=O)/C(=C(\O)c3ccc(OC)cc3OC)C2c2ccc(O)cc2)cc1. The molecule has 2 N–H and O–H groups in total. The lowest BCUT2D eigenvalue weighted by Crippen LogP contribution is -2.29. The van der Waals surface area contributed by atoms with E-state index < -0.39 is 29.5 Å². The Morgan fingerprint density at radius 3 is 2.19 bits per heavy atom. The van der Waals surface area contributed by atoms with E-state index in [0.717, 1.165) is 0 Å². The van der Waals surface area contributed by atoms with Crippen LogP contribution in [0.1, 0.15) is 22.7 Å². The molecule has 9 nitrogen and oxygen atoms in total. The van der Waals surface area contributed by atoms with Crippen LogP contribution >= 0.6 is 0 Å². The molecule has 190 valence electrons. The molecule has 0 bridgehead atoms. The van der Waals surface area contributed by atoms with Gasteiger partial charge in [0.05, 0.1) is 44.9 Å². The second-order valence-electron chi connectivity index (χ2n) is 8.25. The summed E-state index contributed by atoms with van der Waals surface area (Å²) in [4.78, 5) is 39.6. The number of hydrogen-bond acceptors (Lipinski definition) is 8. The number of nitrogens with zero attached hydrogens (tertiary/aromatic N) is 1. The lowest BCUT2D eigenvalue weighted by molar-refractivity contribution is -0.139. The summed E-state index contributed by atoms with van der Waals surface area (Å²) in [5.41, 5.74) is 1.60. The van der Waals surface area contributed by atoms with E-state index in [-0.39, 0.29) is 29.1 Å². The average molecular weight is 504 g/mol. The normalized spacial score (nSPS) is 16.5. The Hall–Kier alpha value is -4.79. The number of ether oxygens (including phenoxy) is 3. The third kappa shape index (κ3) is 4.84. The lowest BCUT2D eigenvalue weighted by atomic mass is 9.94. The monoisotopic (exact) mass is 503 g/mol. The van der Waals surface area contributed by atoms with Gasteiger partial charge in [-0.25, -0.2) is 0 Å². The Morgan fingerprint density at radius 1 is 0.919 bits per heavy atom. The summed E-state index contributed by atoms with van der Waals surface area (Å²) in [7, 11) is 4.20. The van der Waals surface area contributed by atoms with Gasteiger partial charge in [-0.3, -0.25) is 19.3 Å². The number of hydrogen-bond donors (Lipinski definition) is 2. The molecule has 1 aliphatic heterocycles. The number of methoxy groups -OCH3 is 3. The molecule has 37 heavy (non-hydrogen) atoms. The molecule has 0 spiro atoms. The van der Waals surface area contributed by atoms with Crippen LogP contribution in [-0.2, 0) is 25.5 Å². The topological polar surface area (TPSA) is 123 Å². The minimum atomic E-state index is -1.00. The second kappa shape index (κ2) is 10.4. The average Bonchev–Trinajstić information content (AvgIpc) is 3.18. The van der Waals surface area contributed by atoms with Gasteiger partial charge in [-0.05, 0) is 47.5 Å². The highest BCUT2D eigenvalue weighted by Crippen LogP contribution is 2.44. The molecule has 3 aromatic rings. The van der Waals surface area contributed by atoms with Crippen molar-refractivity contribution in [1.82, 2.24) is 0 Å². The number of anilines is 1. The molecule has 3 aromatic carbocycles. The maximum atomic E-state index is 13.3. The van der Waals surface area contributed by atoms with Gasteiger partial charge in [-0.15, -0.1) is 0 Å². The Kier molecular flexibility index (Phi) is 7.15. The molecule has 1 amide bonds. The van der Waals surface area contributed by atoms with E-state index in [1.807, 2.05) is 0 Å². The molecular formula is C28H25NO8. The Morgan fingerprint density at radius 2 is 1.59 bits per heavy atom. The molecule has 0 radical (unpaired) electrons. The molecule has 1 heterocycles. The highest BCUT2D eigenvalue weighted by molar-refractivity contribution is 6.51. The van der Waals surface area contributed by atoms with Crippen LogP contribution in [0.3, 0.4) is 0 Å². The summed E-state index contributed by atoms with van der Waals surface area (Å²) < 4.78 is 15.3. The summed E-state index contributed by atoms with van der Waals surface area (Å²) >= 11 is 0. The van der Waals surface area contributed by atoms with E-state index >= 15 is 0 Å². The molecule has 1 unspecified atom stereocenters.